The summed E-state index contributed by atoms with van der Waals surface area (Å²) in [4.78, 5) is 0. The van der Waals surface area contributed by atoms with Crippen LogP contribution in [0.4, 0.5) is 0 Å². The molecule has 0 amide bonds. The van der Waals surface area contributed by atoms with Gasteiger partial charge in [0.2, 0.25) is 0 Å². The van der Waals surface area contributed by atoms with Crippen LogP contribution in [0.5, 0.6) is 0 Å². The highest BCUT2D eigenvalue weighted by Crippen LogP contribution is 1.98. The van der Waals surface area contributed by atoms with E-state index in [2.05, 4.69) is 13.2 Å². The van der Waals surface area contributed by atoms with Crippen molar-refractivity contribution in [3.63, 3.8) is 0 Å². The zero-order valence-corrected chi connectivity index (χ0v) is 8.25. The molecule has 74 valence electrons. The first-order valence-corrected chi connectivity index (χ1v) is 3.95. The lowest BCUT2D eigenvalue weighted by molar-refractivity contribution is 0.196. The summed E-state index contributed by atoms with van der Waals surface area (Å²) in [6.45, 7) is 10.3. The number of aliphatic hydroxyl groups excluding tert-OH is 2. The first-order valence-electron chi connectivity index (χ1n) is 3.95. The first kappa shape index (κ1) is 14.4. The third-order valence-corrected chi connectivity index (χ3v) is 0.970. The fourth-order valence-electron chi connectivity index (χ4n) is 0.402. The number of hydrogen-bond acceptors (Lipinski definition) is 3. The number of rotatable bonds is 3. The van der Waals surface area contributed by atoms with Gasteiger partial charge in [0.1, 0.15) is 0 Å². The molecule has 0 saturated heterocycles. The van der Waals surface area contributed by atoms with Gasteiger partial charge >= 0.3 is 0 Å². The molecule has 1 atom stereocenters. The lowest BCUT2D eigenvalue weighted by Crippen LogP contribution is -1.98. The Morgan fingerprint density at radius 3 is 2.00 bits per heavy atom. The van der Waals surface area contributed by atoms with Gasteiger partial charge in [0, 0.05) is 12.0 Å². The van der Waals surface area contributed by atoms with Crippen LogP contribution >= 0.6 is 0 Å². The maximum absolute atomic E-state index is 8.64. The Morgan fingerprint density at radius 2 is 1.92 bits per heavy atom. The Hall–Kier alpha value is -1.11. The van der Waals surface area contributed by atoms with E-state index >= 15 is 0 Å². The molecule has 3 heteroatoms. The van der Waals surface area contributed by atoms with Crippen LogP contribution in [0, 0.1) is 11.3 Å². The van der Waals surface area contributed by atoms with Gasteiger partial charge in [0.05, 0.1) is 18.8 Å². The van der Waals surface area contributed by atoms with Gasteiger partial charge in [-0.2, -0.15) is 5.26 Å². The van der Waals surface area contributed by atoms with Crippen LogP contribution in [0.1, 0.15) is 20.3 Å². The van der Waals surface area contributed by atoms with Crippen molar-refractivity contribution < 1.29 is 10.2 Å². The van der Waals surface area contributed by atoms with Crippen molar-refractivity contribution in [2.75, 3.05) is 6.61 Å². The van der Waals surface area contributed by atoms with Gasteiger partial charge in [-0.05, 0) is 13.8 Å². The van der Waals surface area contributed by atoms with Crippen LogP contribution in [0.25, 0.3) is 0 Å². The molecule has 0 radical (unpaired) electrons. The maximum atomic E-state index is 8.64. The van der Waals surface area contributed by atoms with Crippen LogP contribution < -0.4 is 0 Å². The average Bonchev–Trinajstić information content (AvgIpc) is 2.04. The standard InChI is InChI=1S/C6H9NO.C4H8O/c1-5(4-7)3-6(2)8;1-4(2)3-5/h6,8H,1,3H2,2H3;5H,1,3H2,2H3. The molecule has 1 unspecified atom stereocenters. The van der Waals surface area contributed by atoms with Crippen molar-refractivity contribution in [3.05, 3.63) is 24.3 Å². The highest BCUT2D eigenvalue weighted by molar-refractivity contribution is 5.15. The third kappa shape index (κ3) is 18.1. The summed E-state index contributed by atoms with van der Waals surface area (Å²) in [6, 6.07) is 1.84. The summed E-state index contributed by atoms with van der Waals surface area (Å²) in [5.41, 5.74) is 1.24. The minimum absolute atomic E-state index is 0.111. The molecule has 0 saturated carbocycles. The molecule has 0 bridgehead atoms. The largest absolute Gasteiger partial charge is 0.393 e. The molecule has 3 nitrogen and oxygen atoms in total. The first-order chi connectivity index (χ1) is 5.93. The van der Waals surface area contributed by atoms with Crippen molar-refractivity contribution in [1.29, 1.82) is 5.26 Å². The van der Waals surface area contributed by atoms with E-state index in [0.29, 0.717) is 12.0 Å². The van der Waals surface area contributed by atoms with Crippen molar-refractivity contribution in [2.24, 2.45) is 0 Å². The van der Waals surface area contributed by atoms with Gasteiger partial charge < -0.3 is 10.2 Å². The highest BCUT2D eigenvalue weighted by Gasteiger charge is 1.96. The zero-order valence-electron chi connectivity index (χ0n) is 8.25. The van der Waals surface area contributed by atoms with Crippen LogP contribution in [0.2, 0.25) is 0 Å². The minimum Gasteiger partial charge on any atom is -0.393 e. The van der Waals surface area contributed by atoms with Gasteiger partial charge in [0.25, 0.3) is 0 Å². The molecule has 2 N–H and O–H groups in total. The summed E-state index contributed by atoms with van der Waals surface area (Å²) in [6.07, 6.45) is -0.0570. The van der Waals surface area contributed by atoms with E-state index in [1.165, 1.54) is 0 Å². The monoisotopic (exact) mass is 183 g/mol. The second-order valence-corrected chi connectivity index (χ2v) is 2.88. The van der Waals surface area contributed by atoms with E-state index in [1.807, 2.05) is 6.07 Å². The lowest BCUT2D eigenvalue weighted by atomic mass is 10.2. The maximum Gasteiger partial charge on any atom is 0.0941 e. The molecule has 0 aromatic heterocycles. The third-order valence-electron chi connectivity index (χ3n) is 0.970. The fraction of sp³-hybridized carbons (Fsp3) is 0.500. The molecular formula is C10H17NO2. The molecule has 0 spiro atoms. The van der Waals surface area contributed by atoms with Crippen LogP contribution in [0.15, 0.2) is 24.3 Å². The quantitative estimate of drug-likeness (QED) is 0.513. The van der Waals surface area contributed by atoms with Gasteiger partial charge in [-0.25, -0.2) is 0 Å². The molecule has 0 aromatic carbocycles. The molecule has 13 heavy (non-hydrogen) atoms. The normalized spacial score (nSPS) is 10.4. The molecule has 0 aliphatic carbocycles. The van der Waals surface area contributed by atoms with E-state index in [-0.39, 0.29) is 6.61 Å². The van der Waals surface area contributed by atoms with Crippen molar-refractivity contribution in [3.8, 4) is 6.07 Å². The molecule has 0 fully saturated rings. The summed E-state index contributed by atoms with van der Waals surface area (Å²) >= 11 is 0. The fourth-order valence-corrected chi connectivity index (χ4v) is 0.402. The molecule has 0 aromatic rings. The number of nitrogens with zero attached hydrogens (tertiary/aromatic N) is 1. The molecule has 0 heterocycles. The van der Waals surface area contributed by atoms with E-state index < -0.39 is 6.10 Å². The predicted octanol–water partition coefficient (Wildman–Crippen LogP) is 1.39. The lowest BCUT2D eigenvalue weighted by Gasteiger charge is -1.97. The summed E-state index contributed by atoms with van der Waals surface area (Å²) in [5, 5.41) is 24.8. The number of nitriles is 1. The van der Waals surface area contributed by atoms with Crippen molar-refractivity contribution in [2.45, 2.75) is 26.4 Å². The molecular weight excluding hydrogens is 166 g/mol. The van der Waals surface area contributed by atoms with Crippen LogP contribution in [0.3, 0.4) is 0 Å². The van der Waals surface area contributed by atoms with E-state index in [4.69, 9.17) is 15.5 Å². The van der Waals surface area contributed by atoms with E-state index in [1.54, 1.807) is 13.8 Å². The zero-order chi connectivity index (χ0) is 10.9. The number of hydrogen-bond donors (Lipinski definition) is 2. The predicted molar refractivity (Wildman–Crippen MR) is 53.0 cm³/mol. The summed E-state index contributed by atoms with van der Waals surface area (Å²) in [5.74, 6) is 0. The van der Waals surface area contributed by atoms with Gasteiger partial charge in [-0.1, -0.05) is 18.7 Å². The Labute approximate surface area is 79.6 Å². The Morgan fingerprint density at radius 1 is 1.54 bits per heavy atom. The highest BCUT2D eigenvalue weighted by atomic mass is 16.3. The van der Waals surface area contributed by atoms with Gasteiger partial charge in [-0.3, -0.25) is 0 Å². The Kier molecular flexibility index (Phi) is 9.96. The second-order valence-electron chi connectivity index (χ2n) is 2.88. The van der Waals surface area contributed by atoms with Crippen LogP contribution in [-0.4, -0.2) is 22.9 Å². The average molecular weight is 183 g/mol. The molecule has 0 aliphatic rings. The van der Waals surface area contributed by atoms with Gasteiger partial charge in [0.15, 0.2) is 0 Å². The number of aliphatic hydroxyl groups is 2. The second kappa shape index (κ2) is 8.98. The Bertz CT molecular complexity index is 201. The van der Waals surface area contributed by atoms with Crippen LogP contribution in [-0.2, 0) is 0 Å². The SMILES string of the molecule is C=C(C#N)CC(C)O.C=C(C)CO. The topological polar surface area (TPSA) is 64.2 Å². The molecule has 0 aliphatic heterocycles. The smallest absolute Gasteiger partial charge is 0.0941 e. The summed E-state index contributed by atoms with van der Waals surface area (Å²) in [7, 11) is 0. The van der Waals surface area contributed by atoms with E-state index in [9.17, 15) is 0 Å². The Balaban J connectivity index is 0. The van der Waals surface area contributed by atoms with Crippen molar-refractivity contribution >= 4 is 0 Å². The minimum atomic E-state index is -0.442. The molecule has 0 rings (SSSR count). The van der Waals surface area contributed by atoms with Gasteiger partial charge in [-0.15, -0.1) is 0 Å². The van der Waals surface area contributed by atoms with E-state index in [0.717, 1.165) is 5.57 Å². The van der Waals surface area contributed by atoms with Crippen molar-refractivity contribution in [1.82, 2.24) is 0 Å². The summed E-state index contributed by atoms with van der Waals surface area (Å²) < 4.78 is 0.